The molecular formula is C42H57ClN6O6S. The van der Waals surface area contributed by atoms with Gasteiger partial charge in [0, 0.05) is 42.3 Å². The first-order chi connectivity index (χ1) is 26.5. The van der Waals surface area contributed by atoms with Crippen LogP contribution in [0.2, 0.25) is 5.02 Å². The van der Waals surface area contributed by atoms with Gasteiger partial charge < -0.3 is 26.6 Å². The molecule has 0 aromatic heterocycles. The van der Waals surface area contributed by atoms with Gasteiger partial charge in [-0.2, -0.15) is 0 Å². The maximum atomic E-state index is 14.0. The molecule has 1 fully saturated rings. The van der Waals surface area contributed by atoms with Crippen molar-refractivity contribution in [2.45, 2.75) is 90.4 Å². The molecule has 304 valence electrons. The minimum atomic E-state index is -3.75. The Balaban J connectivity index is 1.50. The monoisotopic (exact) mass is 808 g/mol. The molecule has 0 saturated heterocycles. The first-order valence-electron chi connectivity index (χ1n) is 19.3. The van der Waals surface area contributed by atoms with E-state index in [1.807, 2.05) is 50.2 Å². The summed E-state index contributed by atoms with van der Waals surface area (Å²) in [6.07, 6.45) is 7.23. The smallest absolute Gasteiger partial charge is 0.251 e. The van der Waals surface area contributed by atoms with Crippen molar-refractivity contribution in [3.63, 3.8) is 0 Å². The van der Waals surface area contributed by atoms with E-state index in [2.05, 4.69) is 26.6 Å². The van der Waals surface area contributed by atoms with Crippen LogP contribution in [0.4, 0.5) is 5.69 Å². The Morgan fingerprint density at radius 3 is 2.05 bits per heavy atom. The van der Waals surface area contributed by atoms with Crippen molar-refractivity contribution >= 4 is 50.9 Å². The van der Waals surface area contributed by atoms with Crippen LogP contribution in [0, 0.1) is 11.8 Å². The Labute approximate surface area is 337 Å². The fourth-order valence-electron chi connectivity index (χ4n) is 6.70. The highest BCUT2D eigenvalue weighted by molar-refractivity contribution is 7.92. The van der Waals surface area contributed by atoms with Crippen molar-refractivity contribution in [2.24, 2.45) is 11.8 Å². The van der Waals surface area contributed by atoms with E-state index in [4.69, 9.17) is 11.6 Å². The zero-order chi connectivity index (χ0) is 41.0. The van der Waals surface area contributed by atoms with Gasteiger partial charge in [-0.05, 0) is 86.4 Å². The molecular weight excluding hydrogens is 752 g/mol. The fourth-order valence-corrected chi connectivity index (χ4v) is 7.39. The summed E-state index contributed by atoms with van der Waals surface area (Å²) in [5.74, 6) is -1.27. The molecule has 4 atom stereocenters. The highest BCUT2D eigenvalue weighted by Crippen LogP contribution is 2.24. The van der Waals surface area contributed by atoms with E-state index in [0.717, 1.165) is 34.5 Å². The molecule has 56 heavy (non-hydrogen) atoms. The second-order valence-electron chi connectivity index (χ2n) is 15.2. The Kier molecular flexibility index (Phi) is 16.3. The number of rotatable bonds is 18. The van der Waals surface area contributed by atoms with Crippen LogP contribution in [0.3, 0.4) is 0 Å². The average molecular weight is 809 g/mol. The summed E-state index contributed by atoms with van der Waals surface area (Å²) in [6.45, 7) is 8.07. The van der Waals surface area contributed by atoms with Crippen LogP contribution < -0.4 is 30.9 Å². The van der Waals surface area contributed by atoms with Crippen molar-refractivity contribution < 1.29 is 27.6 Å². The van der Waals surface area contributed by atoms with Gasteiger partial charge in [0.05, 0.1) is 24.0 Å². The number of nitrogens with one attached hydrogen (secondary N) is 5. The molecule has 0 radical (unpaired) electrons. The van der Waals surface area contributed by atoms with E-state index in [0.29, 0.717) is 23.9 Å². The molecule has 12 nitrogen and oxygen atoms in total. The Bertz CT molecular complexity index is 1920. The molecule has 1 saturated carbocycles. The van der Waals surface area contributed by atoms with Crippen LogP contribution in [-0.4, -0.2) is 76.6 Å². The van der Waals surface area contributed by atoms with Crippen LogP contribution in [0.1, 0.15) is 97.7 Å². The SMILES string of the molecule is CC(C)[C@H](NC(=O)[C@H](C)NC[C@H](Cc1ccccc1)NC(=O)c1cc(C(=O)N[C@H](C)c2cccc(Cl)c2)cc(N(C)S(C)(=O)=O)c1)C(=O)NCC1CCCCC1. The summed E-state index contributed by atoms with van der Waals surface area (Å²) >= 11 is 6.16. The lowest BCUT2D eigenvalue weighted by Gasteiger charge is -2.27. The van der Waals surface area contributed by atoms with Crippen molar-refractivity contribution in [3.8, 4) is 0 Å². The van der Waals surface area contributed by atoms with Crippen LogP contribution >= 0.6 is 11.6 Å². The predicted octanol–water partition coefficient (Wildman–Crippen LogP) is 5.38. The highest BCUT2D eigenvalue weighted by Gasteiger charge is 2.28. The molecule has 0 unspecified atom stereocenters. The molecule has 1 aliphatic rings. The Morgan fingerprint density at radius 2 is 1.45 bits per heavy atom. The third-order valence-corrected chi connectivity index (χ3v) is 11.7. The van der Waals surface area contributed by atoms with Gasteiger partial charge in [0.2, 0.25) is 21.8 Å². The largest absolute Gasteiger partial charge is 0.354 e. The number of hydrogen-bond donors (Lipinski definition) is 5. The molecule has 3 aromatic carbocycles. The Hall–Kier alpha value is -4.46. The van der Waals surface area contributed by atoms with E-state index in [1.165, 1.54) is 44.5 Å². The average Bonchev–Trinajstić information content (AvgIpc) is 3.17. The van der Waals surface area contributed by atoms with Crippen molar-refractivity contribution in [2.75, 3.05) is 30.7 Å². The van der Waals surface area contributed by atoms with Crippen LogP contribution in [0.25, 0.3) is 0 Å². The van der Waals surface area contributed by atoms with Gasteiger partial charge in [-0.15, -0.1) is 0 Å². The van der Waals surface area contributed by atoms with E-state index in [-0.39, 0.29) is 41.1 Å². The summed E-state index contributed by atoms with van der Waals surface area (Å²) in [5, 5.41) is 15.7. The van der Waals surface area contributed by atoms with E-state index in [1.54, 1.807) is 32.0 Å². The van der Waals surface area contributed by atoms with E-state index in [9.17, 15) is 27.6 Å². The van der Waals surface area contributed by atoms with Crippen LogP contribution in [0.5, 0.6) is 0 Å². The number of nitrogens with zero attached hydrogens (tertiary/aromatic N) is 1. The molecule has 0 aliphatic heterocycles. The third-order valence-electron chi connectivity index (χ3n) is 10.3. The number of sulfonamides is 1. The van der Waals surface area contributed by atoms with Crippen molar-refractivity contribution in [3.05, 3.63) is 100 Å². The quantitative estimate of drug-likeness (QED) is 0.115. The lowest BCUT2D eigenvalue weighted by molar-refractivity contribution is -0.131. The number of hydrogen-bond acceptors (Lipinski definition) is 7. The molecule has 4 amide bonds. The summed E-state index contributed by atoms with van der Waals surface area (Å²) < 4.78 is 26.1. The predicted molar refractivity (Wildman–Crippen MR) is 222 cm³/mol. The van der Waals surface area contributed by atoms with E-state index < -0.39 is 46.0 Å². The number of halogens is 1. The number of amides is 4. The number of benzene rings is 3. The number of carbonyl (C=O) groups is 4. The van der Waals surface area contributed by atoms with Gasteiger partial charge in [0.25, 0.3) is 11.8 Å². The third kappa shape index (κ3) is 13.3. The minimum Gasteiger partial charge on any atom is -0.354 e. The lowest BCUT2D eigenvalue weighted by atomic mass is 9.89. The summed E-state index contributed by atoms with van der Waals surface area (Å²) in [6, 6.07) is 18.5. The van der Waals surface area contributed by atoms with Crippen molar-refractivity contribution in [1.82, 2.24) is 26.6 Å². The van der Waals surface area contributed by atoms with Crippen LogP contribution in [0.15, 0.2) is 72.8 Å². The summed E-state index contributed by atoms with van der Waals surface area (Å²) in [4.78, 5) is 54.1. The zero-order valence-corrected chi connectivity index (χ0v) is 34.8. The topological polar surface area (TPSA) is 166 Å². The molecule has 0 bridgehead atoms. The standard InChI is InChI=1S/C42H57ClN6O6S/c1-27(2)38(42(53)45-25-31-16-11-8-12-17-31)48-39(50)29(4)44-26-36(20-30-14-9-7-10-15-30)47-41(52)34-21-33(23-37(24-34)49(5)56(6,54)55)40(51)46-28(3)32-18-13-19-35(43)22-32/h7,9-10,13-15,18-19,21-24,27-29,31,36,38,44H,8,11-12,16-17,20,25-26H2,1-6H3,(H,45,53)(H,46,51)(H,47,52)(H,48,50)/t28-,29+,36+,38+/m1/s1. The van der Waals surface area contributed by atoms with Gasteiger partial charge in [0.15, 0.2) is 0 Å². The highest BCUT2D eigenvalue weighted by atomic mass is 35.5. The number of anilines is 1. The first-order valence-corrected chi connectivity index (χ1v) is 21.6. The molecule has 14 heteroatoms. The Morgan fingerprint density at radius 1 is 0.804 bits per heavy atom. The van der Waals surface area contributed by atoms with Crippen molar-refractivity contribution in [1.29, 1.82) is 0 Å². The second-order valence-corrected chi connectivity index (χ2v) is 17.7. The zero-order valence-electron chi connectivity index (χ0n) is 33.2. The second kappa shape index (κ2) is 20.6. The summed E-state index contributed by atoms with van der Waals surface area (Å²) in [5.41, 5.74) is 1.99. The molecule has 5 N–H and O–H groups in total. The molecule has 0 heterocycles. The van der Waals surface area contributed by atoms with Gasteiger partial charge in [-0.1, -0.05) is 87.2 Å². The van der Waals surface area contributed by atoms with E-state index >= 15 is 0 Å². The minimum absolute atomic E-state index is 0.0708. The summed E-state index contributed by atoms with van der Waals surface area (Å²) in [7, 11) is -2.40. The molecule has 1 aliphatic carbocycles. The normalized spacial score (nSPS) is 15.6. The van der Waals surface area contributed by atoms with Gasteiger partial charge in [0.1, 0.15) is 6.04 Å². The van der Waals surface area contributed by atoms with Gasteiger partial charge in [-0.25, -0.2) is 8.42 Å². The van der Waals surface area contributed by atoms with Crippen LogP contribution in [-0.2, 0) is 26.0 Å². The maximum absolute atomic E-state index is 14.0. The molecule has 0 spiro atoms. The van der Waals surface area contributed by atoms with Gasteiger partial charge >= 0.3 is 0 Å². The lowest BCUT2D eigenvalue weighted by Crippen LogP contribution is -2.55. The van der Waals surface area contributed by atoms with Gasteiger partial charge in [-0.3, -0.25) is 23.5 Å². The molecule has 4 rings (SSSR count). The molecule has 3 aromatic rings. The first kappa shape index (κ1) is 44.3. The maximum Gasteiger partial charge on any atom is 0.251 e. The fraction of sp³-hybridized carbons (Fsp3) is 0.476. The number of carbonyl (C=O) groups excluding carboxylic acids is 4.